The maximum absolute atomic E-state index is 10.7. The Labute approximate surface area is 114 Å². The van der Waals surface area contributed by atoms with Gasteiger partial charge in [0.15, 0.2) is 0 Å². The molecule has 100 valence electrons. The van der Waals surface area contributed by atoms with E-state index in [1.54, 1.807) is 12.1 Å². The highest BCUT2D eigenvalue weighted by Gasteiger charge is 2.17. The molecule has 1 atom stereocenters. The van der Waals surface area contributed by atoms with Crippen molar-refractivity contribution in [1.29, 1.82) is 0 Å². The normalized spacial score (nSPS) is 18.7. The van der Waals surface area contributed by atoms with Gasteiger partial charge in [0.05, 0.1) is 16.4 Å². The lowest BCUT2D eigenvalue weighted by Crippen LogP contribution is -2.44. The quantitative estimate of drug-likeness (QED) is 0.831. The van der Waals surface area contributed by atoms with Crippen molar-refractivity contribution in [2.45, 2.75) is 0 Å². The van der Waals surface area contributed by atoms with E-state index < -0.39 is 11.3 Å². The molecule has 0 aromatic heterocycles. The third-order valence-electron chi connectivity index (χ3n) is 3.00. The number of rotatable bonds is 3. The molecule has 1 aliphatic rings. The van der Waals surface area contributed by atoms with Gasteiger partial charge in [-0.3, -0.25) is 9.27 Å². The Bertz CT molecular complexity index is 450. The van der Waals surface area contributed by atoms with Crippen LogP contribution in [0.5, 0.6) is 0 Å². The summed E-state index contributed by atoms with van der Waals surface area (Å²) in [5.74, 6) is 0. The molecule has 2 rings (SSSR count). The molecule has 1 saturated heterocycles. The van der Waals surface area contributed by atoms with Crippen molar-refractivity contribution in [3.8, 4) is 0 Å². The smallest absolute Gasteiger partial charge is 0.259 e. The van der Waals surface area contributed by atoms with Gasteiger partial charge >= 0.3 is 0 Å². The monoisotopic (exact) mass is 289 g/mol. The summed E-state index contributed by atoms with van der Waals surface area (Å²) in [4.78, 5) is 4.45. The first-order valence-electron chi connectivity index (χ1n) is 5.67. The summed E-state index contributed by atoms with van der Waals surface area (Å²) in [6.45, 7) is 3.78. The fraction of sp³-hybridized carbons (Fsp3) is 0.455. The van der Waals surface area contributed by atoms with E-state index in [1.165, 1.54) is 0 Å². The summed E-state index contributed by atoms with van der Waals surface area (Å²) < 4.78 is 22.0. The fourth-order valence-electron chi connectivity index (χ4n) is 1.97. The molecule has 1 aromatic rings. The molecule has 1 aliphatic heterocycles. The molecule has 18 heavy (non-hydrogen) atoms. The second-order valence-corrected chi connectivity index (χ2v) is 5.42. The Hall–Kier alpha value is -0.820. The van der Waals surface area contributed by atoms with Crippen LogP contribution in [0.15, 0.2) is 18.2 Å². The molecule has 0 aliphatic carbocycles. The lowest BCUT2D eigenvalue weighted by atomic mass is 10.2. The Morgan fingerprint density at radius 2 is 2.00 bits per heavy atom. The van der Waals surface area contributed by atoms with Gasteiger partial charge in [-0.2, -0.15) is 0 Å². The zero-order valence-electron chi connectivity index (χ0n) is 10.1. The highest BCUT2D eigenvalue weighted by Crippen LogP contribution is 2.29. The van der Waals surface area contributed by atoms with Crippen molar-refractivity contribution < 1.29 is 8.76 Å². The van der Waals surface area contributed by atoms with Gasteiger partial charge in [-0.15, -0.1) is 0 Å². The standard InChI is InChI=1S/C11H16ClN3O2S/c1-14-4-6-15(7-5-14)11-8-9(13-18(16)17)2-3-10(11)12/h2-3,8,13H,4-7H2,1H3,(H,16,17). The highest BCUT2D eigenvalue weighted by atomic mass is 35.5. The minimum absolute atomic E-state index is 0.592. The van der Waals surface area contributed by atoms with Crippen molar-refractivity contribution in [3.63, 3.8) is 0 Å². The Balaban J connectivity index is 2.18. The van der Waals surface area contributed by atoms with Crippen LogP contribution >= 0.6 is 11.6 Å². The predicted octanol–water partition coefficient (Wildman–Crippen LogP) is 1.64. The first-order valence-corrected chi connectivity index (χ1v) is 7.15. The van der Waals surface area contributed by atoms with Crippen LogP contribution in [-0.4, -0.2) is 46.9 Å². The SMILES string of the molecule is CN1CCN(c2cc(NS(=O)O)ccc2Cl)CC1. The zero-order chi connectivity index (χ0) is 13.1. The average molecular weight is 290 g/mol. The van der Waals surface area contributed by atoms with E-state index in [9.17, 15) is 4.21 Å². The van der Waals surface area contributed by atoms with Gasteiger partial charge in [0.1, 0.15) is 0 Å². The topological polar surface area (TPSA) is 55.8 Å². The van der Waals surface area contributed by atoms with Gasteiger partial charge < -0.3 is 9.80 Å². The third kappa shape index (κ3) is 3.35. The van der Waals surface area contributed by atoms with Gasteiger partial charge in [0.25, 0.3) is 11.3 Å². The van der Waals surface area contributed by atoms with Crippen LogP contribution in [0.4, 0.5) is 11.4 Å². The maximum Gasteiger partial charge on any atom is 0.259 e. The second-order valence-electron chi connectivity index (χ2n) is 4.31. The number of nitrogens with zero attached hydrogens (tertiary/aromatic N) is 2. The molecule has 1 aromatic carbocycles. The molecule has 1 fully saturated rings. The van der Waals surface area contributed by atoms with Crippen LogP contribution in [0.2, 0.25) is 5.02 Å². The van der Waals surface area contributed by atoms with E-state index in [2.05, 4.69) is 21.6 Å². The van der Waals surface area contributed by atoms with Crippen molar-refractivity contribution in [1.82, 2.24) is 4.90 Å². The summed E-state index contributed by atoms with van der Waals surface area (Å²) in [5, 5.41) is 0.661. The van der Waals surface area contributed by atoms with Crippen molar-refractivity contribution >= 4 is 34.2 Å². The van der Waals surface area contributed by atoms with E-state index >= 15 is 0 Å². The summed E-state index contributed by atoms with van der Waals surface area (Å²) in [6.07, 6.45) is 0. The predicted molar refractivity (Wildman–Crippen MR) is 75.6 cm³/mol. The molecule has 0 bridgehead atoms. The number of halogens is 1. The largest absolute Gasteiger partial charge is 0.368 e. The molecule has 1 heterocycles. The lowest BCUT2D eigenvalue weighted by Gasteiger charge is -2.34. The average Bonchev–Trinajstić information content (AvgIpc) is 2.32. The number of hydrogen-bond acceptors (Lipinski definition) is 3. The molecule has 0 radical (unpaired) electrons. The van der Waals surface area contributed by atoms with Crippen LogP contribution < -0.4 is 9.62 Å². The Morgan fingerprint density at radius 1 is 1.33 bits per heavy atom. The first kappa shape index (κ1) is 13.6. The van der Waals surface area contributed by atoms with Gasteiger partial charge in [-0.1, -0.05) is 11.6 Å². The van der Waals surface area contributed by atoms with Crippen LogP contribution in [0.3, 0.4) is 0 Å². The van der Waals surface area contributed by atoms with Crippen LogP contribution in [0, 0.1) is 0 Å². The molecule has 1 unspecified atom stereocenters. The van der Waals surface area contributed by atoms with Crippen LogP contribution in [0.25, 0.3) is 0 Å². The molecule has 0 amide bonds. The second kappa shape index (κ2) is 5.88. The Morgan fingerprint density at radius 3 is 2.61 bits per heavy atom. The van der Waals surface area contributed by atoms with E-state index in [0.29, 0.717) is 10.7 Å². The summed E-state index contributed by atoms with van der Waals surface area (Å²) in [5.41, 5.74) is 1.49. The molecular formula is C11H16ClN3O2S. The maximum atomic E-state index is 10.7. The minimum atomic E-state index is -2.06. The zero-order valence-corrected chi connectivity index (χ0v) is 11.7. The highest BCUT2D eigenvalue weighted by molar-refractivity contribution is 7.80. The number of likely N-dealkylation sites (N-methyl/N-ethyl adjacent to an activating group) is 1. The van der Waals surface area contributed by atoms with Crippen LogP contribution in [-0.2, 0) is 11.3 Å². The number of piperazine rings is 1. The van der Waals surface area contributed by atoms with E-state index in [1.807, 2.05) is 6.07 Å². The van der Waals surface area contributed by atoms with Gasteiger partial charge in [0, 0.05) is 26.2 Å². The molecular weight excluding hydrogens is 274 g/mol. The van der Waals surface area contributed by atoms with Crippen molar-refractivity contribution in [2.24, 2.45) is 0 Å². The number of hydrogen-bond donors (Lipinski definition) is 2. The number of nitrogens with one attached hydrogen (secondary N) is 1. The van der Waals surface area contributed by atoms with Crippen molar-refractivity contribution in [3.05, 3.63) is 23.2 Å². The lowest BCUT2D eigenvalue weighted by molar-refractivity contribution is 0.313. The van der Waals surface area contributed by atoms with E-state index in [-0.39, 0.29) is 0 Å². The van der Waals surface area contributed by atoms with Crippen molar-refractivity contribution in [2.75, 3.05) is 42.8 Å². The first-order chi connectivity index (χ1) is 8.56. The summed E-state index contributed by atoms with van der Waals surface area (Å²) >= 11 is 4.12. The molecule has 5 nitrogen and oxygen atoms in total. The van der Waals surface area contributed by atoms with Gasteiger partial charge in [0.2, 0.25) is 0 Å². The summed E-state index contributed by atoms with van der Waals surface area (Å²) in [6, 6.07) is 5.24. The fourth-order valence-corrected chi connectivity index (χ4v) is 2.53. The van der Waals surface area contributed by atoms with Gasteiger partial charge in [-0.05, 0) is 25.2 Å². The molecule has 0 saturated carbocycles. The van der Waals surface area contributed by atoms with E-state index in [4.69, 9.17) is 16.2 Å². The number of anilines is 2. The molecule has 0 spiro atoms. The van der Waals surface area contributed by atoms with Crippen LogP contribution in [0.1, 0.15) is 0 Å². The van der Waals surface area contributed by atoms with Gasteiger partial charge in [-0.25, -0.2) is 4.21 Å². The molecule has 7 heteroatoms. The Kier molecular flexibility index (Phi) is 4.45. The minimum Gasteiger partial charge on any atom is -0.368 e. The summed E-state index contributed by atoms with van der Waals surface area (Å²) in [7, 11) is 2.09. The third-order valence-corrected chi connectivity index (χ3v) is 3.73. The number of benzene rings is 1. The molecule has 2 N–H and O–H groups in total. The van der Waals surface area contributed by atoms with E-state index in [0.717, 1.165) is 31.9 Å².